The second kappa shape index (κ2) is 10.8. The summed E-state index contributed by atoms with van der Waals surface area (Å²) in [6.45, 7) is 0. The molecule has 0 bridgehead atoms. The van der Waals surface area contributed by atoms with E-state index in [1.807, 2.05) is 12.1 Å². The van der Waals surface area contributed by atoms with Crippen LogP contribution < -0.4 is 0 Å². The molecule has 0 aliphatic heterocycles. The first-order valence-corrected chi connectivity index (χ1v) is 4.27. The smallest absolute Gasteiger partial charge is 0.870 e. The van der Waals surface area contributed by atoms with Crippen molar-refractivity contribution in [2.75, 3.05) is 0 Å². The number of hydrogen-bond donors (Lipinski definition) is 2. The largest absolute Gasteiger partial charge is 2.00 e. The third kappa shape index (κ3) is 8.56. The first-order valence-electron chi connectivity index (χ1n) is 4.27. The molecule has 0 aliphatic carbocycles. The Morgan fingerprint density at radius 2 is 0.812 bits per heavy atom. The molecule has 0 atom stereocenters. The molecule has 0 fully saturated rings. The maximum atomic E-state index is 8.63. The van der Waals surface area contributed by atoms with Crippen molar-refractivity contribution in [3.63, 3.8) is 0 Å². The average molecular weight is 245 g/mol. The summed E-state index contributed by atoms with van der Waals surface area (Å²) in [5.74, 6) is 0.644. The van der Waals surface area contributed by atoms with E-state index in [1.54, 1.807) is 48.5 Å². The molecule has 0 aliphatic rings. The molecule has 3 nitrogen and oxygen atoms in total. The predicted octanol–water partition coefficient (Wildman–Crippen LogP) is 2.23. The van der Waals surface area contributed by atoms with Gasteiger partial charge in [-0.05, 0) is 24.3 Å². The van der Waals surface area contributed by atoms with Crippen LogP contribution in [0.4, 0.5) is 0 Å². The molecular formula is C12H13CaO3+. The SMILES string of the molecule is Oc1ccccc1.Oc1ccccc1.[Ca+2].[OH-]. The van der Waals surface area contributed by atoms with Gasteiger partial charge in [-0.15, -0.1) is 0 Å². The van der Waals surface area contributed by atoms with Crippen LogP contribution in [0.5, 0.6) is 11.5 Å². The summed E-state index contributed by atoms with van der Waals surface area (Å²) in [5.41, 5.74) is 0. The van der Waals surface area contributed by atoms with E-state index in [-0.39, 0.29) is 43.2 Å². The molecule has 0 saturated carbocycles. The first-order chi connectivity index (χ1) is 6.79. The molecule has 2 rings (SSSR count). The van der Waals surface area contributed by atoms with Gasteiger partial charge >= 0.3 is 37.7 Å². The van der Waals surface area contributed by atoms with Gasteiger partial charge in [0, 0.05) is 0 Å². The van der Waals surface area contributed by atoms with Gasteiger partial charge in [0.1, 0.15) is 11.5 Å². The van der Waals surface area contributed by atoms with E-state index in [0.29, 0.717) is 11.5 Å². The van der Waals surface area contributed by atoms with Crippen LogP contribution in [0.3, 0.4) is 0 Å². The fourth-order valence-electron chi connectivity index (χ4n) is 0.856. The normalized spacial score (nSPS) is 7.50. The van der Waals surface area contributed by atoms with E-state index in [2.05, 4.69) is 0 Å². The second-order valence-corrected chi connectivity index (χ2v) is 2.67. The zero-order chi connectivity index (χ0) is 10.2. The van der Waals surface area contributed by atoms with E-state index in [1.165, 1.54) is 0 Å². The van der Waals surface area contributed by atoms with E-state index in [9.17, 15) is 0 Å². The van der Waals surface area contributed by atoms with Crippen molar-refractivity contribution in [1.82, 2.24) is 0 Å². The molecule has 0 amide bonds. The molecule has 80 valence electrons. The fourth-order valence-corrected chi connectivity index (χ4v) is 0.856. The second-order valence-electron chi connectivity index (χ2n) is 2.67. The van der Waals surface area contributed by atoms with Crippen LogP contribution >= 0.6 is 0 Å². The molecular weight excluding hydrogens is 232 g/mol. The van der Waals surface area contributed by atoms with Crippen LogP contribution in [0.15, 0.2) is 60.7 Å². The Labute approximate surface area is 125 Å². The molecule has 0 heterocycles. The summed E-state index contributed by atoms with van der Waals surface area (Å²) in [7, 11) is 0. The van der Waals surface area contributed by atoms with Gasteiger partial charge in [-0.25, -0.2) is 0 Å². The van der Waals surface area contributed by atoms with Crippen LogP contribution in [-0.2, 0) is 0 Å². The van der Waals surface area contributed by atoms with Crippen molar-refractivity contribution in [3.8, 4) is 11.5 Å². The van der Waals surface area contributed by atoms with Crippen molar-refractivity contribution < 1.29 is 15.7 Å². The van der Waals surface area contributed by atoms with E-state index in [0.717, 1.165) is 0 Å². The number of hydrogen-bond acceptors (Lipinski definition) is 3. The summed E-state index contributed by atoms with van der Waals surface area (Å²) >= 11 is 0. The third-order valence-electron chi connectivity index (χ3n) is 1.51. The van der Waals surface area contributed by atoms with Crippen LogP contribution in [0.2, 0.25) is 0 Å². The van der Waals surface area contributed by atoms with E-state index in [4.69, 9.17) is 10.2 Å². The predicted molar refractivity (Wildman–Crippen MR) is 63.9 cm³/mol. The number of phenols is 2. The van der Waals surface area contributed by atoms with E-state index < -0.39 is 0 Å². The van der Waals surface area contributed by atoms with Gasteiger partial charge in [0.2, 0.25) is 0 Å². The molecule has 0 radical (unpaired) electrons. The molecule has 0 spiro atoms. The van der Waals surface area contributed by atoms with Crippen LogP contribution in [0.1, 0.15) is 0 Å². The number of aromatic hydroxyl groups is 2. The Hall–Kier alpha value is -0.740. The van der Waals surface area contributed by atoms with Crippen molar-refractivity contribution >= 4 is 37.7 Å². The number of para-hydroxylation sites is 2. The monoisotopic (exact) mass is 245 g/mol. The molecule has 2 aromatic carbocycles. The minimum absolute atomic E-state index is 0. The maximum absolute atomic E-state index is 8.63. The summed E-state index contributed by atoms with van der Waals surface area (Å²) in [4.78, 5) is 0. The Bertz CT molecular complexity index is 314. The molecule has 2 aromatic rings. The zero-order valence-electron chi connectivity index (χ0n) is 8.82. The topological polar surface area (TPSA) is 70.5 Å². The minimum Gasteiger partial charge on any atom is -0.870 e. The van der Waals surface area contributed by atoms with Gasteiger partial charge in [0.15, 0.2) is 0 Å². The number of phenolic OH excluding ortho intramolecular Hbond substituents is 2. The van der Waals surface area contributed by atoms with Gasteiger partial charge in [-0.3, -0.25) is 0 Å². The molecule has 3 N–H and O–H groups in total. The van der Waals surface area contributed by atoms with Crippen LogP contribution in [0.25, 0.3) is 0 Å². The maximum Gasteiger partial charge on any atom is 2.00 e. The van der Waals surface area contributed by atoms with Gasteiger partial charge in [-0.2, -0.15) is 0 Å². The van der Waals surface area contributed by atoms with Crippen molar-refractivity contribution in [2.45, 2.75) is 0 Å². The molecule has 0 saturated heterocycles. The van der Waals surface area contributed by atoms with Crippen molar-refractivity contribution in [2.24, 2.45) is 0 Å². The minimum atomic E-state index is 0. The summed E-state index contributed by atoms with van der Waals surface area (Å²) in [5, 5.41) is 17.3. The van der Waals surface area contributed by atoms with Crippen molar-refractivity contribution in [3.05, 3.63) is 60.7 Å². The Kier molecular flexibility index (Phi) is 11.9. The zero-order valence-corrected chi connectivity index (χ0v) is 11.0. The standard InChI is InChI=1S/2C6H6O.Ca.H2O/c2*7-6-4-2-1-3-5-6;;/h2*1-5,7H;;1H2/q;;+2;/p-1. The van der Waals surface area contributed by atoms with Gasteiger partial charge < -0.3 is 15.7 Å². The summed E-state index contributed by atoms with van der Waals surface area (Å²) in [6.07, 6.45) is 0. The van der Waals surface area contributed by atoms with E-state index >= 15 is 0 Å². The molecule has 4 heteroatoms. The average Bonchev–Trinajstić information content (AvgIpc) is 2.21. The Morgan fingerprint density at radius 3 is 0.938 bits per heavy atom. The van der Waals surface area contributed by atoms with Crippen LogP contribution in [0, 0.1) is 0 Å². The number of benzene rings is 2. The molecule has 16 heavy (non-hydrogen) atoms. The quantitative estimate of drug-likeness (QED) is 0.699. The van der Waals surface area contributed by atoms with Gasteiger partial charge in [0.05, 0.1) is 0 Å². The Morgan fingerprint density at radius 1 is 0.562 bits per heavy atom. The van der Waals surface area contributed by atoms with Gasteiger partial charge in [-0.1, -0.05) is 36.4 Å². The Balaban J connectivity index is 0. The summed E-state index contributed by atoms with van der Waals surface area (Å²) < 4.78 is 0. The summed E-state index contributed by atoms with van der Waals surface area (Å²) in [6, 6.07) is 17.4. The van der Waals surface area contributed by atoms with Gasteiger partial charge in [0.25, 0.3) is 0 Å². The fraction of sp³-hybridized carbons (Fsp3) is 0. The molecule has 0 unspecified atom stereocenters. The van der Waals surface area contributed by atoms with Crippen LogP contribution in [-0.4, -0.2) is 53.4 Å². The first kappa shape index (κ1) is 17.6. The molecule has 0 aromatic heterocycles. The third-order valence-corrected chi connectivity index (χ3v) is 1.51. The number of rotatable bonds is 0. The van der Waals surface area contributed by atoms with Crippen molar-refractivity contribution in [1.29, 1.82) is 0 Å².